The number of hydrogen-bond donors (Lipinski definition) is 1. The van der Waals surface area contributed by atoms with Crippen LogP contribution in [0.1, 0.15) is 12.8 Å². The maximum Gasteiger partial charge on any atom is 0.144 e. The topological polar surface area (TPSA) is 64.7 Å². The second kappa shape index (κ2) is 3.97. The molecule has 2 N–H and O–H groups in total. The number of hydrogen-bond acceptors (Lipinski definition) is 4. The van der Waals surface area contributed by atoms with Gasteiger partial charge in [0.2, 0.25) is 0 Å². The molecule has 4 nitrogen and oxygen atoms in total. The molecule has 0 unspecified atom stereocenters. The monoisotopic (exact) mass is 240 g/mol. The highest BCUT2D eigenvalue weighted by molar-refractivity contribution is 7.92. The number of ether oxygens (including phenoxy) is 1. The molecule has 1 aromatic carbocycles. The van der Waals surface area contributed by atoms with Gasteiger partial charge in [0.05, 0.1) is 17.5 Å². The van der Waals surface area contributed by atoms with E-state index in [9.17, 15) is 4.21 Å². The molecule has 0 spiro atoms. The summed E-state index contributed by atoms with van der Waals surface area (Å²) in [6.45, 7) is 0. The first kappa shape index (κ1) is 11.3. The molecule has 5 heteroatoms. The molecular formula is C11H16N2O2S. The van der Waals surface area contributed by atoms with E-state index in [1.54, 1.807) is 30.7 Å². The summed E-state index contributed by atoms with van der Waals surface area (Å²) >= 11 is 0. The zero-order valence-corrected chi connectivity index (χ0v) is 10.3. The van der Waals surface area contributed by atoms with Gasteiger partial charge in [0.1, 0.15) is 5.75 Å². The SMILES string of the molecule is CS(C)(=O)=Nc1ccc(N)c(OC2CC2)c1. The fourth-order valence-corrected chi connectivity index (χ4v) is 1.92. The fraction of sp³-hybridized carbons (Fsp3) is 0.455. The van der Waals surface area contributed by atoms with Crippen molar-refractivity contribution in [3.05, 3.63) is 18.2 Å². The van der Waals surface area contributed by atoms with Crippen molar-refractivity contribution >= 4 is 21.1 Å². The Hall–Kier alpha value is -1.23. The summed E-state index contributed by atoms with van der Waals surface area (Å²) in [7, 11) is -2.14. The van der Waals surface area contributed by atoms with Crippen LogP contribution in [-0.4, -0.2) is 22.8 Å². The summed E-state index contributed by atoms with van der Waals surface area (Å²) in [4.78, 5) is 0. The van der Waals surface area contributed by atoms with E-state index >= 15 is 0 Å². The van der Waals surface area contributed by atoms with Crippen molar-refractivity contribution in [2.75, 3.05) is 18.2 Å². The lowest BCUT2D eigenvalue weighted by Gasteiger charge is -2.08. The second-order valence-corrected chi connectivity index (χ2v) is 6.86. The Morgan fingerprint density at radius 3 is 2.69 bits per heavy atom. The molecular weight excluding hydrogens is 224 g/mol. The third kappa shape index (κ3) is 3.13. The van der Waals surface area contributed by atoms with Crippen LogP contribution in [0.2, 0.25) is 0 Å². The lowest BCUT2D eigenvalue weighted by Crippen LogP contribution is -1.99. The smallest absolute Gasteiger partial charge is 0.144 e. The van der Waals surface area contributed by atoms with Crippen LogP contribution in [0.5, 0.6) is 5.75 Å². The van der Waals surface area contributed by atoms with Crippen molar-refractivity contribution in [2.24, 2.45) is 4.36 Å². The molecule has 1 fully saturated rings. The highest BCUT2D eigenvalue weighted by Crippen LogP contribution is 2.33. The number of nitrogens with two attached hydrogens (primary N) is 1. The molecule has 0 heterocycles. The van der Waals surface area contributed by atoms with E-state index in [2.05, 4.69) is 4.36 Å². The van der Waals surface area contributed by atoms with Gasteiger partial charge in [-0.15, -0.1) is 0 Å². The Morgan fingerprint density at radius 2 is 2.12 bits per heavy atom. The fourth-order valence-electron chi connectivity index (χ4n) is 1.30. The third-order valence-corrected chi connectivity index (χ3v) is 2.79. The molecule has 0 atom stereocenters. The van der Waals surface area contributed by atoms with Crippen LogP contribution in [0.25, 0.3) is 0 Å². The number of nitrogens with zero attached hydrogens (tertiary/aromatic N) is 1. The van der Waals surface area contributed by atoms with E-state index in [4.69, 9.17) is 10.5 Å². The van der Waals surface area contributed by atoms with Gasteiger partial charge in [-0.3, -0.25) is 0 Å². The van der Waals surface area contributed by atoms with Gasteiger partial charge in [0.15, 0.2) is 0 Å². The van der Waals surface area contributed by atoms with E-state index in [0.717, 1.165) is 12.8 Å². The third-order valence-electron chi connectivity index (χ3n) is 2.14. The van der Waals surface area contributed by atoms with Crippen LogP contribution in [-0.2, 0) is 9.73 Å². The van der Waals surface area contributed by atoms with Gasteiger partial charge < -0.3 is 10.5 Å². The lowest BCUT2D eigenvalue weighted by molar-refractivity contribution is 0.305. The highest BCUT2D eigenvalue weighted by atomic mass is 32.2. The van der Waals surface area contributed by atoms with E-state index in [1.807, 2.05) is 0 Å². The first-order valence-corrected chi connectivity index (χ1v) is 7.50. The van der Waals surface area contributed by atoms with Gasteiger partial charge in [-0.1, -0.05) is 0 Å². The largest absolute Gasteiger partial charge is 0.488 e. The zero-order chi connectivity index (χ0) is 11.8. The van der Waals surface area contributed by atoms with Gasteiger partial charge in [-0.25, -0.2) is 4.21 Å². The molecule has 0 saturated heterocycles. The second-order valence-electron chi connectivity index (χ2n) is 4.31. The Labute approximate surface area is 96.0 Å². The summed E-state index contributed by atoms with van der Waals surface area (Å²) in [5, 5.41) is 0. The van der Waals surface area contributed by atoms with E-state index in [-0.39, 0.29) is 0 Å². The molecule has 0 amide bonds. The number of rotatable bonds is 3. The molecule has 1 aliphatic rings. The van der Waals surface area contributed by atoms with E-state index in [1.165, 1.54) is 0 Å². The van der Waals surface area contributed by atoms with Crippen LogP contribution < -0.4 is 10.5 Å². The minimum Gasteiger partial charge on any atom is -0.488 e. The molecule has 0 radical (unpaired) electrons. The molecule has 0 aromatic heterocycles. The van der Waals surface area contributed by atoms with Gasteiger partial charge in [-0.05, 0) is 25.0 Å². The van der Waals surface area contributed by atoms with Crippen LogP contribution in [0, 0.1) is 0 Å². The van der Waals surface area contributed by atoms with Crippen molar-refractivity contribution in [3.8, 4) is 5.75 Å². The van der Waals surface area contributed by atoms with Gasteiger partial charge in [0.25, 0.3) is 0 Å². The van der Waals surface area contributed by atoms with Gasteiger partial charge in [-0.2, -0.15) is 4.36 Å². The van der Waals surface area contributed by atoms with Crippen LogP contribution >= 0.6 is 0 Å². The number of anilines is 1. The summed E-state index contributed by atoms with van der Waals surface area (Å²) in [6, 6.07) is 5.24. The minimum absolute atomic E-state index is 0.296. The lowest BCUT2D eigenvalue weighted by atomic mass is 10.2. The molecule has 1 saturated carbocycles. The van der Waals surface area contributed by atoms with E-state index in [0.29, 0.717) is 23.2 Å². The highest BCUT2D eigenvalue weighted by Gasteiger charge is 2.24. The first-order valence-electron chi connectivity index (χ1n) is 5.17. The molecule has 0 aliphatic heterocycles. The van der Waals surface area contributed by atoms with Gasteiger partial charge in [0, 0.05) is 28.3 Å². The molecule has 16 heavy (non-hydrogen) atoms. The average Bonchev–Trinajstić information content (AvgIpc) is 2.92. The summed E-state index contributed by atoms with van der Waals surface area (Å²) in [6.07, 6.45) is 5.67. The number of nitrogen functional groups attached to an aromatic ring is 1. The Balaban J connectivity index is 2.31. The van der Waals surface area contributed by atoms with Crippen molar-refractivity contribution in [2.45, 2.75) is 18.9 Å². The standard InChI is InChI=1S/C11H16N2O2S/c1-16(2,14)13-8-3-6-10(12)11(7-8)15-9-4-5-9/h3,6-7,9H,4-5,12H2,1-2H3. The predicted octanol–water partition coefficient (Wildman–Crippen LogP) is 2.17. The molecule has 88 valence electrons. The van der Waals surface area contributed by atoms with Crippen LogP contribution in [0.4, 0.5) is 11.4 Å². The average molecular weight is 240 g/mol. The first-order chi connectivity index (χ1) is 7.44. The number of benzene rings is 1. The maximum atomic E-state index is 11.5. The Morgan fingerprint density at radius 1 is 1.44 bits per heavy atom. The summed E-state index contributed by atoms with van der Waals surface area (Å²) < 4.78 is 21.3. The Kier molecular flexibility index (Phi) is 2.80. The molecule has 0 bridgehead atoms. The van der Waals surface area contributed by atoms with Gasteiger partial charge >= 0.3 is 0 Å². The molecule has 1 aliphatic carbocycles. The van der Waals surface area contributed by atoms with Crippen molar-refractivity contribution in [3.63, 3.8) is 0 Å². The zero-order valence-electron chi connectivity index (χ0n) is 9.47. The summed E-state index contributed by atoms with van der Waals surface area (Å²) in [5.74, 6) is 0.646. The van der Waals surface area contributed by atoms with Crippen LogP contribution in [0.3, 0.4) is 0 Å². The molecule has 1 aromatic rings. The Bertz CT molecular complexity index is 507. The van der Waals surface area contributed by atoms with Crippen LogP contribution in [0.15, 0.2) is 22.6 Å². The van der Waals surface area contributed by atoms with Crippen molar-refractivity contribution < 1.29 is 8.95 Å². The molecule has 2 rings (SSSR count). The summed E-state index contributed by atoms with van der Waals surface area (Å²) in [5.41, 5.74) is 7.05. The quantitative estimate of drug-likeness (QED) is 0.823. The van der Waals surface area contributed by atoms with E-state index < -0.39 is 9.73 Å². The van der Waals surface area contributed by atoms with Crippen molar-refractivity contribution in [1.29, 1.82) is 0 Å². The predicted molar refractivity (Wildman–Crippen MR) is 66.6 cm³/mol. The maximum absolute atomic E-state index is 11.5. The van der Waals surface area contributed by atoms with Crippen molar-refractivity contribution in [1.82, 2.24) is 0 Å². The minimum atomic E-state index is -2.14. The normalized spacial score (nSPS) is 15.9.